The first kappa shape index (κ1) is 14.8. The van der Waals surface area contributed by atoms with Gasteiger partial charge in [-0.1, -0.05) is 25.1 Å². The summed E-state index contributed by atoms with van der Waals surface area (Å²) in [6, 6.07) is 8.21. The van der Waals surface area contributed by atoms with E-state index >= 15 is 0 Å². The summed E-state index contributed by atoms with van der Waals surface area (Å²) in [6.45, 7) is 3.69. The van der Waals surface area contributed by atoms with Crippen LogP contribution in [0.25, 0.3) is 10.9 Å². The number of fused-ring (bicyclic) bond motifs is 5. The van der Waals surface area contributed by atoms with Crippen molar-refractivity contribution in [1.29, 1.82) is 0 Å². The molecular weight excluding hydrogens is 288 g/mol. The highest BCUT2D eigenvalue weighted by atomic mass is 16.3. The molecule has 2 atom stereocenters. The highest BCUT2D eigenvalue weighted by molar-refractivity contribution is 5.86. The third-order valence-corrected chi connectivity index (χ3v) is 5.90. The van der Waals surface area contributed by atoms with Crippen molar-refractivity contribution in [3.8, 4) is 0 Å². The minimum Gasteiger partial charge on any atom is -0.387 e. The van der Waals surface area contributed by atoms with Gasteiger partial charge in [-0.3, -0.25) is 4.79 Å². The van der Waals surface area contributed by atoms with Crippen LogP contribution in [0.2, 0.25) is 0 Å². The number of nitrogens with one attached hydrogen (secondary N) is 1. The van der Waals surface area contributed by atoms with Gasteiger partial charge in [0.25, 0.3) is 0 Å². The first-order valence-electron chi connectivity index (χ1n) is 8.71. The fourth-order valence-electron chi connectivity index (χ4n) is 4.52. The zero-order chi connectivity index (χ0) is 16.0. The summed E-state index contributed by atoms with van der Waals surface area (Å²) >= 11 is 0. The van der Waals surface area contributed by atoms with Crippen LogP contribution < -0.4 is 0 Å². The Kier molecular flexibility index (Phi) is 3.45. The van der Waals surface area contributed by atoms with E-state index in [0.717, 1.165) is 50.0 Å². The summed E-state index contributed by atoms with van der Waals surface area (Å²) in [5.41, 5.74) is 2.78. The Bertz CT molecular complexity index is 751. The van der Waals surface area contributed by atoms with E-state index in [9.17, 15) is 9.90 Å². The number of rotatable bonds is 1. The smallest absolute Gasteiger partial charge is 0.228 e. The number of aromatic nitrogens is 1. The molecule has 1 amide bonds. The van der Waals surface area contributed by atoms with Crippen molar-refractivity contribution in [3.05, 3.63) is 35.5 Å². The molecule has 4 heteroatoms. The number of amides is 1. The number of nitrogens with zero attached hydrogens (tertiary/aromatic N) is 1. The van der Waals surface area contributed by atoms with Crippen molar-refractivity contribution in [2.75, 3.05) is 13.1 Å². The van der Waals surface area contributed by atoms with Crippen molar-refractivity contribution in [3.63, 3.8) is 0 Å². The molecule has 4 nitrogen and oxygen atoms in total. The zero-order valence-corrected chi connectivity index (χ0v) is 13.6. The molecule has 0 aliphatic carbocycles. The van der Waals surface area contributed by atoms with Gasteiger partial charge in [0.2, 0.25) is 5.91 Å². The molecule has 2 bridgehead atoms. The van der Waals surface area contributed by atoms with Crippen LogP contribution in [-0.2, 0) is 11.2 Å². The number of benzene rings is 1. The second kappa shape index (κ2) is 5.38. The lowest BCUT2D eigenvalue weighted by Crippen LogP contribution is -2.49. The van der Waals surface area contributed by atoms with Crippen LogP contribution in [0, 0.1) is 5.41 Å². The lowest BCUT2D eigenvalue weighted by molar-refractivity contribution is -0.149. The van der Waals surface area contributed by atoms with Gasteiger partial charge in [-0.2, -0.15) is 0 Å². The molecule has 1 aromatic heterocycles. The van der Waals surface area contributed by atoms with Crippen LogP contribution in [-0.4, -0.2) is 34.0 Å². The number of piperidine rings is 1. The summed E-state index contributed by atoms with van der Waals surface area (Å²) in [5.74, 6) is 0.250. The van der Waals surface area contributed by atoms with Crippen molar-refractivity contribution < 1.29 is 9.90 Å². The van der Waals surface area contributed by atoms with E-state index in [0.29, 0.717) is 6.42 Å². The van der Waals surface area contributed by atoms with Gasteiger partial charge in [0.15, 0.2) is 0 Å². The molecule has 0 spiro atoms. The van der Waals surface area contributed by atoms with E-state index in [-0.39, 0.29) is 5.91 Å². The first-order valence-corrected chi connectivity index (χ1v) is 8.71. The molecule has 0 saturated carbocycles. The summed E-state index contributed by atoms with van der Waals surface area (Å²) in [7, 11) is 0. The first-order chi connectivity index (χ1) is 11.1. The number of aromatic amines is 1. The van der Waals surface area contributed by atoms with E-state index in [1.54, 1.807) is 0 Å². The average Bonchev–Trinajstić information content (AvgIpc) is 2.94. The molecule has 2 unspecified atom stereocenters. The van der Waals surface area contributed by atoms with Crippen LogP contribution in [0.3, 0.4) is 0 Å². The second-order valence-corrected chi connectivity index (χ2v) is 7.06. The van der Waals surface area contributed by atoms with E-state index < -0.39 is 11.5 Å². The third kappa shape index (κ3) is 2.19. The molecule has 4 rings (SSSR count). The van der Waals surface area contributed by atoms with Gasteiger partial charge in [0.05, 0.1) is 11.5 Å². The fraction of sp³-hybridized carbons (Fsp3) is 0.526. The highest BCUT2D eigenvalue weighted by Gasteiger charge is 2.45. The maximum atomic E-state index is 13.0. The quantitative estimate of drug-likeness (QED) is 0.850. The number of aliphatic hydroxyl groups is 1. The summed E-state index contributed by atoms with van der Waals surface area (Å²) < 4.78 is 0. The van der Waals surface area contributed by atoms with Crippen LogP contribution in [0.5, 0.6) is 0 Å². The SMILES string of the molecule is CCC12CCCN(CCc3c([nH]c4ccccc34)C(O)C1)C2=O. The Morgan fingerprint density at radius 1 is 1.35 bits per heavy atom. The van der Waals surface area contributed by atoms with Gasteiger partial charge in [-0.15, -0.1) is 0 Å². The largest absolute Gasteiger partial charge is 0.387 e. The predicted octanol–water partition coefficient (Wildman–Crippen LogP) is 3.17. The topological polar surface area (TPSA) is 56.3 Å². The van der Waals surface area contributed by atoms with Crippen molar-refractivity contribution in [2.24, 2.45) is 5.41 Å². The minimum atomic E-state index is -0.598. The van der Waals surface area contributed by atoms with Gasteiger partial charge >= 0.3 is 0 Å². The molecule has 3 heterocycles. The fourth-order valence-corrected chi connectivity index (χ4v) is 4.52. The molecule has 122 valence electrons. The standard InChI is InChI=1S/C19H24N2O2/c1-2-19-9-5-10-21(18(19)23)11-8-14-13-6-3-4-7-15(13)20-17(14)16(22)12-19/h3-4,6-7,16,20,22H,2,5,8-12H2,1H3. The Morgan fingerprint density at radius 3 is 3.00 bits per heavy atom. The van der Waals surface area contributed by atoms with Gasteiger partial charge in [-0.25, -0.2) is 0 Å². The van der Waals surface area contributed by atoms with Crippen molar-refractivity contribution >= 4 is 16.8 Å². The Balaban J connectivity index is 1.84. The Morgan fingerprint density at radius 2 is 2.17 bits per heavy atom. The van der Waals surface area contributed by atoms with E-state index in [4.69, 9.17) is 0 Å². The lowest BCUT2D eigenvalue weighted by atomic mass is 9.72. The van der Waals surface area contributed by atoms with Crippen molar-refractivity contribution in [1.82, 2.24) is 9.88 Å². The van der Waals surface area contributed by atoms with E-state index in [1.165, 1.54) is 10.9 Å². The summed E-state index contributed by atoms with van der Waals surface area (Å²) in [4.78, 5) is 18.4. The monoisotopic (exact) mass is 312 g/mol. The van der Waals surface area contributed by atoms with Crippen molar-refractivity contribution in [2.45, 2.75) is 45.1 Å². The number of carbonyl (C=O) groups is 1. The second-order valence-electron chi connectivity index (χ2n) is 7.06. The number of aliphatic hydroxyl groups excluding tert-OH is 1. The number of H-pyrrole nitrogens is 1. The average molecular weight is 312 g/mol. The predicted molar refractivity (Wildman–Crippen MR) is 90.1 cm³/mol. The van der Waals surface area contributed by atoms with Gasteiger partial charge in [-0.05, 0) is 43.7 Å². The van der Waals surface area contributed by atoms with Crippen LogP contribution in [0.4, 0.5) is 0 Å². The van der Waals surface area contributed by atoms with Gasteiger partial charge in [0.1, 0.15) is 0 Å². The number of carbonyl (C=O) groups excluding carboxylic acids is 1. The molecule has 23 heavy (non-hydrogen) atoms. The lowest BCUT2D eigenvalue weighted by Gasteiger charge is -2.41. The van der Waals surface area contributed by atoms with Gasteiger partial charge < -0.3 is 15.0 Å². The van der Waals surface area contributed by atoms with Gasteiger partial charge in [0, 0.05) is 29.7 Å². The maximum absolute atomic E-state index is 13.0. The maximum Gasteiger partial charge on any atom is 0.228 e. The normalized spacial score (nSPS) is 28.2. The van der Waals surface area contributed by atoms with E-state index in [1.807, 2.05) is 17.0 Å². The molecule has 0 radical (unpaired) electrons. The third-order valence-electron chi connectivity index (χ3n) is 5.90. The number of hydrogen-bond acceptors (Lipinski definition) is 2. The molecule has 2 N–H and O–H groups in total. The van der Waals surface area contributed by atoms with Crippen LogP contribution >= 0.6 is 0 Å². The highest BCUT2D eigenvalue weighted by Crippen LogP contribution is 2.44. The molecule has 1 aromatic carbocycles. The molecule has 1 fully saturated rings. The summed E-state index contributed by atoms with van der Waals surface area (Å²) in [5, 5.41) is 12.1. The zero-order valence-electron chi connectivity index (χ0n) is 13.6. The Hall–Kier alpha value is -1.81. The number of hydrogen-bond donors (Lipinski definition) is 2. The molecular formula is C19H24N2O2. The molecule has 2 aromatic rings. The molecule has 2 aliphatic rings. The number of para-hydroxylation sites is 1. The van der Waals surface area contributed by atoms with E-state index in [2.05, 4.69) is 24.0 Å². The van der Waals surface area contributed by atoms with Crippen LogP contribution in [0.15, 0.2) is 24.3 Å². The summed E-state index contributed by atoms with van der Waals surface area (Å²) in [6.07, 6.45) is 3.47. The Labute approximate surface area is 136 Å². The van der Waals surface area contributed by atoms with Crippen LogP contribution in [0.1, 0.15) is 50.0 Å². The molecule has 1 saturated heterocycles. The minimum absolute atomic E-state index is 0.250. The molecule has 2 aliphatic heterocycles.